The number of nitrogens with one attached hydrogen (secondary N) is 1. The van der Waals surface area contributed by atoms with E-state index in [1.807, 2.05) is 18.3 Å². The summed E-state index contributed by atoms with van der Waals surface area (Å²) in [6.07, 6.45) is 5.52. The number of hydrogen-bond acceptors (Lipinski definition) is 3. The average Bonchev–Trinajstić information content (AvgIpc) is 3.19. The lowest BCUT2D eigenvalue weighted by Gasteiger charge is -2.18. The van der Waals surface area contributed by atoms with E-state index in [2.05, 4.69) is 17.2 Å². The van der Waals surface area contributed by atoms with E-state index >= 15 is 0 Å². The molecular weight excluding hydrogens is 271 g/mol. The Balaban J connectivity index is 1.67. The molecule has 1 saturated carbocycles. The van der Waals surface area contributed by atoms with Gasteiger partial charge in [0.1, 0.15) is 10.8 Å². The SMILES string of the molecule is CCc1cnc(CNC(c2ccc(F)cc2)C2CC2)s1. The molecule has 20 heavy (non-hydrogen) atoms. The molecule has 0 spiro atoms. The normalized spacial score (nSPS) is 16.3. The maximum Gasteiger partial charge on any atom is 0.123 e. The number of aryl methyl sites for hydroxylation is 1. The van der Waals surface area contributed by atoms with Crippen molar-refractivity contribution in [3.05, 3.63) is 51.7 Å². The maximum atomic E-state index is 13.0. The second-order valence-electron chi connectivity index (χ2n) is 5.32. The molecular formula is C16H19FN2S. The number of benzene rings is 1. The summed E-state index contributed by atoms with van der Waals surface area (Å²) in [5.41, 5.74) is 1.18. The molecule has 1 aliphatic carbocycles. The quantitative estimate of drug-likeness (QED) is 0.867. The molecule has 0 amide bonds. The van der Waals surface area contributed by atoms with Crippen LogP contribution >= 0.6 is 11.3 Å². The fourth-order valence-electron chi connectivity index (χ4n) is 2.45. The van der Waals surface area contributed by atoms with Crippen LogP contribution in [-0.2, 0) is 13.0 Å². The number of rotatable bonds is 6. The van der Waals surface area contributed by atoms with Gasteiger partial charge in [0, 0.05) is 23.7 Å². The average molecular weight is 290 g/mol. The zero-order valence-corrected chi connectivity index (χ0v) is 12.4. The maximum absolute atomic E-state index is 13.0. The van der Waals surface area contributed by atoms with Crippen LogP contribution in [0.5, 0.6) is 0 Å². The van der Waals surface area contributed by atoms with Crippen molar-refractivity contribution in [1.29, 1.82) is 0 Å². The van der Waals surface area contributed by atoms with Crippen LogP contribution in [0.25, 0.3) is 0 Å². The molecule has 0 bridgehead atoms. The first-order valence-corrected chi connectivity index (χ1v) is 8.00. The Morgan fingerprint density at radius 1 is 1.35 bits per heavy atom. The van der Waals surface area contributed by atoms with Gasteiger partial charge >= 0.3 is 0 Å². The Kier molecular flexibility index (Phi) is 4.13. The van der Waals surface area contributed by atoms with Crippen LogP contribution in [0.1, 0.15) is 41.3 Å². The van der Waals surface area contributed by atoms with E-state index in [0.29, 0.717) is 12.0 Å². The second kappa shape index (κ2) is 6.02. The third kappa shape index (κ3) is 3.25. The summed E-state index contributed by atoms with van der Waals surface area (Å²) in [6, 6.07) is 7.20. The summed E-state index contributed by atoms with van der Waals surface area (Å²) < 4.78 is 13.0. The molecule has 1 unspecified atom stereocenters. The first-order valence-electron chi connectivity index (χ1n) is 7.18. The zero-order chi connectivity index (χ0) is 13.9. The molecule has 1 aliphatic rings. The van der Waals surface area contributed by atoms with E-state index in [4.69, 9.17) is 0 Å². The van der Waals surface area contributed by atoms with Gasteiger partial charge in [-0.3, -0.25) is 0 Å². The fourth-order valence-corrected chi connectivity index (χ4v) is 3.26. The molecule has 4 heteroatoms. The Bertz CT molecular complexity index is 560. The highest BCUT2D eigenvalue weighted by molar-refractivity contribution is 7.11. The second-order valence-corrected chi connectivity index (χ2v) is 6.52. The van der Waals surface area contributed by atoms with Crippen LogP contribution in [0.4, 0.5) is 4.39 Å². The first kappa shape index (κ1) is 13.7. The molecule has 1 fully saturated rings. The van der Waals surface area contributed by atoms with Crippen molar-refractivity contribution >= 4 is 11.3 Å². The molecule has 3 rings (SSSR count). The molecule has 1 N–H and O–H groups in total. The number of aromatic nitrogens is 1. The van der Waals surface area contributed by atoms with Gasteiger partial charge in [0.25, 0.3) is 0 Å². The number of halogens is 1. The molecule has 106 valence electrons. The third-order valence-electron chi connectivity index (χ3n) is 3.75. The van der Waals surface area contributed by atoms with E-state index in [0.717, 1.165) is 18.0 Å². The Labute approximate surface area is 123 Å². The summed E-state index contributed by atoms with van der Waals surface area (Å²) in [5.74, 6) is 0.516. The Morgan fingerprint density at radius 2 is 2.10 bits per heavy atom. The first-order chi connectivity index (χ1) is 9.76. The van der Waals surface area contributed by atoms with E-state index < -0.39 is 0 Å². The van der Waals surface area contributed by atoms with Crippen molar-refractivity contribution < 1.29 is 4.39 Å². The molecule has 0 saturated heterocycles. The number of thiazole rings is 1. The van der Waals surface area contributed by atoms with Gasteiger partial charge in [-0.15, -0.1) is 11.3 Å². The molecule has 0 radical (unpaired) electrons. The lowest BCUT2D eigenvalue weighted by Crippen LogP contribution is -2.22. The lowest BCUT2D eigenvalue weighted by atomic mass is 10.0. The smallest absolute Gasteiger partial charge is 0.123 e. The van der Waals surface area contributed by atoms with Crippen LogP contribution in [0.3, 0.4) is 0 Å². The van der Waals surface area contributed by atoms with Crippen LogP contribution in [0.2, 0.25) is 0 Å². The van der Waals surface area contributed by atoms with E-state index in [-0.39, 0.29) is 5.82 Å². The van der Waals surface area contributed by atoms with Crippen molar-refractivity contribution in [3.8, 4) is 0 Å². The molecule has 0 aliphatic heterocycles. The lowest BCUT2D eigenvalue weighted by molar-refractivity contribution is 0.478. The van der Waals surface area contributed by atoms with Gasteiger partial charge in [0.2, 0.25) is 0 Å². The minimum atomic E-state index is -0.171. The molecule has 1 aromatic carbocycles. The molecule has 2 nitrogen and oxygen atoms in total. The van der Waals surface area contributed by atoms with Crippen LogP contribution in [0.15, 0.2) is 30.5 Å². The van der Waals surface area contributed by atoms with E-state index in [9.17, 15) is 4.39 Å². The predicted molar refractivity (Wildman–Crippen MR) is 80.2 cm³/mol. The van der Waals surface area contributed by atoms with Gasteiger partial charge < -0.3 is 5.32 Å². The van der Waals surface area contributed by atoms with Gasteiger partial charge in [-0.05, 0) is 42.9 Å². The van der Waals surface area contributed by atoms with E-state index in [1.54, 1.807) is 23.5 Å². The van der Waals surface area contributed by atoms with Gasteiger partial charge in [0.05, 0.1) is 0 Å². The highest BCUT2D eigenvalue weighted by Crippen LogP contribution is 2.41. The van der Waals surface area contributed by atoms with Gasteiger partial charge in [-0.2, -0.15) is 0 Å². The van der Waals surface area contributed by atoms with Crippen molar-refractivity contribution in [3.63, 3.8) is 0 Å². The minimum absolute atomic E-state index is 0.171. The van der Waals surface area contributed by atoms with Crippen molar-refractivity contribution in [1.82, 2.24) is 10.3 Å². The van der Waals surface area contributed by atoms with Crippen LogP contribution in [0, 0.1) is 11.7 Å². The molecule has 1 heterocycles. The standard InChI is InChI=1S/C16H19FN2S/c1-2-14-9-18-15(20-14)10-19-16(11-3-4-11)12-5-7-13(17)8-6-12/h5-9,11,16,19H,2-4,10H2,1H3. The van der Waals surface area contributed by atoms with Gasteiger partial charge in [0.15, 0.2) is 0 Å². The Morgan fingerprint density at radius 3 is 2.70 bits per heavy atom. The third-order valence-corrected chi connectivity index (χ3v) is 4.89. The number of hydrogen-bond donors (Lipinski definition) is 1. The summed E-state index contributed by atoms with van der Waals surface area (Å²) >= 11 is 1.77. The van der Waals surface area contributed by atoms with Crippen molar-refractivity contribution in [2.24, 2.45) is 5.92 Å². The van der Waals surface area contributed by atoms with Crippen LogP contribution < -0.4 is 5.32 Å². The van der Waals surface area contributed by atoms with Crippen LogP contribution in [-0.4, -0.2) is 4.98 Å². The molecule has 1 atom stereocenters. The minimum Gasteiger partial charge on any atom is -0.303 e. The summed E-state index contributed by atoms with van der Waals surface area (Å²) in [5, 5.41) is 4.73. The van der Waals surface area contributed by atoms with E-state index in [1.165, 1.54) is 23.3 Å². The highest BCUT2D eigenvalue weighted by atomic mass is 32.1. The summed E-state index contributed by atoms with van der Waals surface area (Å²) in [6.45, 7) is 2.94. The summed E-state index contributed by atoms with van der Waals surface area (Å²) in [4.78, 5) is 5.77. The zero-order valence-electron chi connectivity index (χ0n) is 11.6. The Hall–Kier alpha value is -1.26. The fraction of sp³-hybridized carbons (Fsp3) is 0.438. The summed E-state index contributed by atoms with van der Waals surface area (Å²) in [7, 11) is 0. The van der Waals surface area contributed by atoms with Crippen molar-refractivity contribution in [2.45, 2.75) is 38.8 Å². The molecule has 2 aromatic rings. The highest BCUT2D eigenvalue weighted by Gasteiger charge is 2.32. The predicted octanol–water partition coefficient (Wildman–Crippen LogP) is 4.09. The topological polar surface area (TPSA) is 24.9 Å². The number of nitrogens with zero attached hydrogens (tertiary/aromatic N) is 1. The largest absolute Gasteiger partial charge is 0.303 e. The monoisotopic (exact) mass is 290 g/mol. The van der Waals surface area contributed by atoms with Gasteiger partial charge in [-0.25, -0.2) is 9.37 Å². The molecule has 1 aromatic heterocycles. The van der Waals surface area contributed by atoms with Gasteiger partial charge in [-0.1, -0.05) is 19.1 Å². The van der Waals surface area contributed by atoms with Crippen molar-refractivity contribution in [2.75, 3.05) is 0 Å².